The quantitative estimate of drug-likeness (QED) is 0.919. The lowest BCUT2D eigenvalue weighted by atomic mass is 9.69. The lowest BCUT2D eigenvalue weighted by molar-refractivity contribution is -0.0167. The third-order valence-corrected chi connectivity index (χ3v) is 4.46. The molecule has 2 atom stereocenters. The molecule has 0 spiro atoms. The molecule has 104 valence electrons. The third-order valence-electron chi connectivity index (χ3n) is 4.46. The number of nitrogens with zero attached hydrogens (tertiary/aromatic N) is 1. The fourth-order valence-corrected chi connectivity index (χ4v) is 3.45. The highest BCUT2D eigenvalue weighted by atomic mass is 16.3. The highest BCUT2D eigenvalue weighted by Crippen LogP contribution is 2.42. The van der Waals surface area contributed by atoms with Gasteiger partial charge in [-0.1, -0.05) is 43.2 Å². The Labute approximate surface area is 120 Å². The molecule has 2 aromatic rings. The number of rotatable bonds is 3. The molecular weight excluding hydrogens is 246 g/mol. The van der Waals surface area contributed by atoms with Crippen LogP contribution in [0.5, 0.6) is 0 Å². The van der Waals surface area contributed by atoms with Crippen molar-refractivity contribution in [3.8, 4) is 0 Å². The smallest absolute Gasteiger partial charge is 0.0756 e. The number of hydrogen-bond donors (Lipinski definition) is 1. The predicted octanol–water partition coefficient (Wildman–Crippen LogP) is 3.71. The Kier molecular flexibility index (Phi) is 3.83. The highest BCUT2D eigenvalue weighted by molar-refractivity contribution is 5.26. The number of aromatic nitrogens is 1. The number of benzene rings is 1. The molecule has 2 nitrogen and oxygen atoms in total. The lowest BCUT2D eigenvalue weighted by Gasteiger charge is -2.40. The summed E-state index contributed by atoms with van der Waals surface area (Å²) in [4.78, 5) is 4.06. The van der Waals surface area contributed by atoms with E-state index >= 15 is 0 Å². The van der Waals surface area contributed by atoms with Gasteiger partial charge in [-0.05, 0) is 36.1 Å². The summed E-state index contributed by atoms with van der Waals surface area (Å²) >= 11 is 0. The maximum atomic E-state index is 11.2. The zero-order chi connectivity index (χ0) is 13.8. The van der Waals surface area contributed by atoms with E-state index in [0.29, 0.717) is 0 Å². The van der Waals surface area contributed by atoms with Gasteiger partial charge in [0, 0.05) is 24.7 Å². The van der Waals surface area contributed by atoms with Crippen LogP contribution < -0.4 is 0 Å². The van der Waals surface area contributed by atoms with E-state index in [4.69, 9.17) is 0 Å². The second-order valence-electron chi connectivity index (χ2n) is 5.84. The molecule has 1 fully saturated rings. The third kappa shape index (κ3) is 2.75. The van der Waals surface area contributed by atoms with E-state index in [-0.39, 0.29) is 5.92 Å². The molecule has 1 aromatic heterocycles. The SMILES string of the molecule is O[C@]1(Cc2ccncc2)CCCC[C@@H]1c1ccccc1. The van der Waals surface area contributed by atoms with Gasteiger partial charge in [0.15, 0.2) is 0 Å². The van der Waals surface area contributed by atoms with E-state index < -0.39 is 5.60 Å². The van der Waals surface area contributed by atoms with E-state index in [1.54, 1.807) is 12.4 Å². The average molecular weight is 267 g/mol. The topological polar surface area (TPSA) is 33.1 Å². The minimum atomic E-state index is -0.624. The molecule has 0 unspecified atom stereocenters. The van der Waals surface area contributed by atoms with Gasteiger partial charge < -0.3 is 5.11 Å². The Morgan fingerprint density at radius 1 is 1.05 bits per heavy atom. The largest absolute Gasteiger partial charge is 0.389 e. The fraction of sp³-hybridized carbons (Fsp3) is 0.389. The predicted molar refractivity (Wildman–Crippen MR) is 80.5 cm³/mol. The van der Waals surface area contributed by atoms with Crippen LogP contribution in [-0.4, -0.2) is 15.7 Å². The molecule has 3 rings (SSSR count). The molecule has 0 aliphatic heterocycles. The van der Waals surface area contributed by atoms with Crippen molar-refractivity contribution in [2.24, 2.45) is 0 Å². The van der Waals surface area contributed by atoms with Crippen molar-refractivity contribution in [2.75, 3.05) is 0 Å². The van der Waals surface area contributed by atoms with Gasteiger partial charge in [-0.15, -0.1) is 0 Å². The summed E-state index contributed by atoms with van der Waals surface area (Å²) in [7, 11) is 0. The molecule has 0 radical (unpaired) electrons. The summed E-state index contributed by atoms with van der Waals surface area (Å²) in [5, 5.41) is 11.2. The van der Waals surface area contributed by atoms with Crippen LogP contribution in [0.3, 0.4) is 0 Å². The normalized spacial score (nSPS) is 26.4. The first-order valence-electron chi connectivity index (χ1n) is 7.44. The van der Waals surface area contributed by atoms with Crippen molar-refractivity contribution in [3.63, 3.8) is 0 Å². The van der Waals surface area contributed by atoms with Crippen molar-refractivity contribution in [3.05, 3.63) is 66.0 Å². The van der Waals surface area contributed by atoms with Crippen molar-refractivity contribution < 1.29 is 5.11 Å². The molecular formula is C18H21NO. The van der Waals surface area contributed by atoms with Crippen LogP contribution in [0, 0.1) is 0 Å². The number of hydrogen-bond acceptors (Lipinski definition) is 2. The maximum absolute atomic E-state index is 11.2. The molecule has 2 heteroatoms. The molecule has 20 heavy (non-hydrogen) atoms. The maximum Gasteiger partial charge on any atom is 0.0756 e. The molecule has 1 heterocycles. The van der Waals surface area contributed by atoms with Gasteiger partial charge in [0.1, 0.15) is 0 Å². The van der Waals surface area contributed by atoms with E-state index in [1.807, 2.05) is 18.2 Å². The summed E-state index contributed by atoms with van der Waals surface area (Å²) in [5.41, 5.74) is 1.81. The molecule has 0 saturated heterocycles. The van der Waals surface area contributed by atoms with E-state index in [0.717, 1.165) is 25.7 Å². The summed E-state index contributed by atoms with van der Waals surface area (Å²) in [6, 6.07) is 14.5. The Hall–Kier alpha value is -1.67. The first-order valence-corrected chi connectivity index (χ1v) is 7.44. The molecule has 1 saturated carbocycles. The van der Waals surface area contributed by atoms with Crippen LogP contribution in [0.4, 0.5) is 0 Å². The van der Waals surface area contributed by atoms with Crippen molar-refractivity contribution >= 4 is 0 Å². The van der Waals surface area contributed by atoms with E-state index in [2.05, 4.69) is 29.2 Å². The minimum Gasteiger partial charge on any atom is -0.389 e. The lowest BCUT2D eigenvalue weighted by Crippen LogP contribution is -2.41. The Morgan fingerprint density at radius 2 is 1.80 bits per heavy atom. The second-order valence-corrected chi connectivity index (χ2v) is 5.84. The molecule has 1 aromatic carbocycles. The van der Waals surface area contributed by atoms with Crippen LogP contribution in [0.2, 0.25) is 0 Å². The standard InChI is InChI=1S/C18H21NO/c20-18(14-15-9-12-19-13-10-15)11-5-4-8-17(18)16-6-2-1-3-7-16/h1-3,6-7,9-10,12-13,17,20H,4-5,8,11,14H2/t17-,18+/m1/s1. The van der Waals surface area contributed by atoms with Crippen molar-refractivity contribution in [1.29, 1.82) is 0 Å². The number of aliphatic hydroxyl groups is 1. The van der Waals surface area contributed by atoms with Crippen molar-refractivity contribution in [1.82, 2.24) is 4.98 Å². The van der Waals surface area contributed by atoms with E-state index in [9.17, 15) is 5.11 Å². The van der Waals surface area contributed by atoms with Gasteiger partial charge in [0.05, 0.1) is 5.60 Å². The summed E-state index contributed by atoms with van der Waals surface area (Å²) in [5.74, 6) is 0.241. The van der Waals surface area contributed by atoms with Crippen LogP contribution in [0.1, 0.15) is 42.7 Å². The monoisotopic (exact) mass is 267 g/mol. The van der Waals surface area contributed by atoms with Gasteiger partial charge >= 0.3 is 0 Å². The number of pyridine rings is 1. The van der Waals surface area contributed by atoms with Gasteiger partial charge in [-0.3, -0.25) is 4.98 Å². The fourth-order valence-electron chi connectivity index (χ4n) is 3.45. The van der Waals surface area contributed by atoms with Crippen molar-refractivity contribution in [2.45, 2.75) is 43.6 Å². The Balaban J connectivity index is 1.88. The molecule has 1 N–H and O–H groups in total. The Bertz CT molecular complexity index is 540. The minimum absolute atomic E-state index is 0.241. The first kappa shape index (κ1) is 13.3. The van der Waals surface area contributed by atoms with E-state index in [1.165, 1.54) is 17.5 Å². The van der Waals surface area contributed by atoms with Crippen LogP contribution in [0.25, 0.3) is 0 Å². The zero-order valence-corrected chi connectivity index (χ0v) is 11.7. The zero-order valence-electron chi connectivity index (χ0n) is 11.7. The molecule has 1 aliphatic rings. The summed E-state index contributed by atoms with van der Waals surface area (Å²) < 4.78 is 0. The van der Waals surface area contributed by atoms with Crippen LogP contribution >= 0.6 is 0 Å². The van der Waals surface area contributed by atoms with Gasteiger partial charge in [0.25, 0.3) is 0 Å². The molecule has 0 bridgehead atoms. The van der Waals surface area contributed by atoms with Gasteiger partial charge in [0.2, 0.25) is 0 Å². The Morgan fingerprint density at radius 3 is 2.55 bits per heavy atom. The second kappa shape index (κ2) is 5.76. The van der Waals surface area contributed by atoms with Crippen LogP contribution in [-0.2, 0) is 6.42 Å². The molecule has 0 amide bonds. The first-order chi connectivity index (χ1) is 9.78. The molecule has 1 aliphatic carbocycles. The van der Waals surface area contributed by atoms with Crippen LogP contribution in [0.15, 0.2) is 54.9 Å². The highest BCUT2D eigenvalue weighted by Gasteiger charge is 2.39. The van der Waals surface area contributed by atoms with Gasteiger partial charge in [-0.25, -0.2) is 0 Å². The average Bonchev–Trinajstić information content (AvgIpc) is 2.49. The summed E-state index contributed by atoms with van der Waals surface area (Å²) in [6.45, 7) is 0. The summed E-state index contributed by atoms with van der Waals surface area (Å²) in [6.07, 6.45) is 8.61. The van der Waals surface area contributed by atoms with Gasteiger partial charge in [-0.2, -0.15) is 0 Å².